The van der Waals surface area contributed by atoms with E-state index in [1.54, 1.807) is 6.20 Å². The monoisotopic (exact) mass is 271 g/mol. The highest BCUT2D eigenvalue weighted by Gasteiger charge is 2.19. The Bertz CT molecular complexity index is 553. The van der Waals surface area contributed by atoms with Crippen molar-refractivity contribution in [3.8, 4) is 10.8 Å². The van der Waals surface area contributed by atoms with Crippen molar-refractivity contribution < 1.29 is 0 Å². The van der Waals surface area contributed by atoms with Crippen LogP contribution in [0.15, 0.2) is 6.20 Å². The van der Waals surface area contributed by atoms with Crippen molar-refractivity contribution >= 4 is 34.5 Å². The van der Waals surface area contributed by atoms with Gasteiger partial charge in [0.1, 0.15) is 9.49 Å². The highest BCUT2D eigenvalue weighted by Crippen LogP contribution is 2.31. The van der Waals surface area contributed by atoms with Crippen LogP contribution in [0.4, 0.5) is 0 Å². The van der Waals surface area contributed by atoms with Gasteiger partial charge in [-0.2, -0.15) is 0 Å². The van der Waals surface area contributed by atoms with Gasteiger partial charge < -0.3 is 0 Å². The molecule has 0 saturated carbocycles. The van der Waals surface area contributed by atoms with Crippen molar-refractivity contribution in [3.05, 3.63) is 26.9 Å². The van der Waals surface area contributed by atoms with E-state index in [1.807, 2.05) is 0 Å². The van der Waals surface area contributed by atoms with E-state index in [4.69, 9.17) is 23.2 Å². The summed E-state index contributed by atoms with van der Waals surface area (Å²) in [5.74, 6) is 0.586. The minimum Gasteiger partial charge on any atom is -0.240 e. The Hall–Kier alpha value is -0.710. The summed E-state index contributed by atoms with van der Waals surface area (Å²) in [4.78, 5) is 12.9. The predicted molar refractivity (Wildman–Crippen MR) is 65.2 cm³/mol. The standard InChI is InChI=1S/C10H7Cl2N3S/c11-7-4-13-10(16-7)9-14-6-3-1-2-5(6)8(12)15-9/h4H,1-3H2. The Morgan fingerprint density at radius 2 is 2.06 bits per heavy atom. The summed E-state index contributed by atoms with van der Waals surface area (Å²) in [5, 5.41) is 1.28. The molecule has 2 aromatic heterocycles. The molecule has 0 radical (unpaired) electrons. The predicted octanol–water partition coefficient (Wildman–Crippen LogP) is 3.40. The van der Waals surface area contributed by atoms with Gasteiger partial charge in [-0.15, -0.1) is 0 Å². The lowest BCUT2D eigenvalue weighted by Crippen LogP contribution is -1.96. The fourth-order valence-corrected chi connectivity index (χ4v) is 2.97. The number of halogens is 2. The first-order valence-corrected chi connectivity index (χ1v) is 6.48. The van der Waals surface area contributed by atoms with Crippen molar-refractivity contribution in [1.29, 1.82) is 0 Å². The van der Waals surface area contributed by atoms with Gasteiger partial charge in [0.15, 0.2) is 10.8 Å². The molecule has 2 heterocycles. The molecule has 3 nitrogen and oxygen atoms in total. The Kier molecular flexibility index (Phi) is 2.58. The summed E-state index contributed by atoms with van der Waals surface area (Å²) in [7, 11) is 0. The molecule has 0 fully saturated rings. The average Bonchev–Trinajstić information content (AvgIpc) is 2.85. The van der Waals surface area contributed by atoms with Gasteiger partial charge in [-0.25, -0.2) is 15.0 Å². The number of hydrogen-bond donors (Lipinski definition) is 0. The lowest BCUT2D eigenvalue weighted by molar-refractivity contribution is 0.900. The van der Waals surface area contributed by atoms with Gasteiger partial charge in [0.2, 0.25) is 0 Å². The molecule has 16 heavy (non-hydrogen) atoms. The van der Waals surface area contributed by atoms with Crippen LogP contribution in [-0.4, -0.2) is 15.0 Å². The third-order valence-electron chi connectivity index (χ3n) is 2.55. The van der Waals surface area contributed by atoms with Crippen LogP contribution in [0.1, 0.15) is 17.7 Å². The number of aromatic nitrogens is 3. The highest BCUT2D eigenvalue weighted by molar-refractivity contribution is 7.18. The van der Waals surface area contributed by atoms with E-state index in [-0.39, 0.29) is 0 Å². The number of nitrogens with zero attached hydrogens (tertiary/aromatic N) is 3. The highest BCUT2D eigenvalue weighted by atomic mass is 35.5. The van der Waals surface area contributed by atoms with Gasteiger partial charge >= 0.3 is 0 Å². The number of aryl methyl sites for hydroxylation is 1. The molecule has 82 valence electrons. The molecular weight excluding hydrogens is 265 g/mol. The molecule has 2 aromatic rings. The first kappa shape index (κ1) is 10.4. The van der Waals surface area contributed by atoms with E-state index in [2.05, 4.69) is 15.0 Å². The SMILES string of the molecule is Clc1cnc(-c2nc(Cl)c3c(n2)CCC3)s1. The van der Waals surface area contributed by atoms with E-state index < -0.39 is 0 Å². The number of rotatable bonds is 1. The second kappa shape index (κ2) is 3.95. The Morgan fingerprint density at radius 1 is 1.19 bits per heavy atom. The molecule has 0 spiro atoms. The minimum atomic E-state index is 0.559. The molecule has 0 saturated heterocycles. The number of thiazole rings is 1. The summed E-state index contributed by atoms with van der Waals surface area (Å²) in [6.07, 6.45) is 4.66. The largest absolute Gasteiger partial charge is 0.240 e. The molecule has 0 bridgehead atoms. The molecule has 0 unspecified atom stereocenters. The molecular formula is C10H7Cl2N3S. The van der Waals surface area contributed by atoms with Gasteiger partial charge in [-0.3, -0.25) is 0 Å². The average molecular weight is 272 g/mol. The second-order valence-electron chi connectivity index (χ2n) is 3.59. The van der Waals surface area contributed by atoms with Crippen LogP contribution >= 0.6 is 34.5 Å². The van der Waals surface area contributed by atoms with Gasteiger partial charge in [0.05, 0.1) is 6.20 Å². The quantitative estimate of drug-likeness (QED) is 0.747. The molecule has 0 aliphatic heterocycles. The first-order chi connectivity index (χ1) is 7.74. The van der Waals surface area contributed by atoms with Crippen LogP contribution in [0.3, 0.4) is 0 Å². The fraction of sp³-hybridized carbons (Fsp3) is 0.300. The minimum absolute atomic E-state index is 0.559. The van der Waals surface area contributed by atoms with Gasteiger partial charge in [-0.05, 0) is 19.3 Å². The van der Waals surface area contributed by atoms with E-state index >= 15 is 0 Å². The van der Waals surface area contributed by atoms with Crippen molar-refractivity contribution in [1.82, 2.24) is 15.0 Å². The normalized spacial score (nSPS) is 14.1. The summed E-state index contributed by atoms with van der Waals surface area (Å²) in [6.45, 7) is 0. The maximum absolute atomic E-state index is 6.12. The molecule has 0 N–H and O–H groups in total. The van der Waals surface area contributed by atoms with Crippen LogP contribution in [-0.2, 0) is 12.8 Å². The maximum atomic E-state index is 6.12. The lowest BCUT2D eigenvalue weighted by Gasteiger charge is -2.02. The topological polar surface area (TPSA) is 38.7 Å². The van der Waals surface area contributed by atoms with Crippen molar-refractivity contribution in [2.75, 3.05) is 0 Å². The van der Waals surface area contributed by atoms with Crippen LogP contribution in [0.5, 0.6) is 0 Å². The van der Waals surface area contributed by atoms with E-state index in [0.717, 1.165) is 35.5 Å². The summed E-state index contributed by atoms with van der Waals surface area (Å²) >= 11 is 13.3. The van der Waals surface area contributed by atoms with Crippen LogP contribution in [0.2, 0.25) is 9.49 Å². The Labute approximate surface area is 106 Å². The Balaban J connectivity index is 2.12. The zero-order chi connectivity index (χ0) is 11.1. The smallest absolute Gasteiger partial charge is 0.190 e. The number of fused-ring (bicyclic) bond motifs is 1. The third-order valence-corrected chi connectivity index (χ3v) is 3.97. The van der Waals surface area contributed by atoms with Gasteiger partial charge in [0, 0.05) is 11.3 Å². The third kappa shape index (κ3) is 1.71. The van der Waals surface area contributed by atoms with Crippen molar-refractivity contribution in [3.63, 3.8) is 0 Å². The summed E-state index contributed by atoms with van der Waals surface area (Å²) < 4.78 is 0.634. The molecule has 1 aliphatic carbocycles. The maximum Gasteiger partial charge on any atom is 0.190 e. The van der Waals surface area contributed by atoms with Gasteiger partial charge in [0.25, 0.3) is 0 Å². The van der Waals surface area contributed by atoms with E-state index in [0.29, 0.717) is 15.3 Å². The van der Waals surface area contributed by atoms with Crippen LogP contribution in [0.25, 0.3) is 10.8 Å². The fourth-order valence-electron chi connectivity index (χ4n) is 1.84. The second-order valence-corrected chi connectivity index (χ2v) is 5.61. The zero-order valence-electron chi connectivity index (χ0n) is 8.20. The number of hydrogen-bond acceptors (Lipinski definition) is 4. The molecule has 0 amide bonds. The first-order valence-electron chi connectivity index (χ1n) is 4.91. The van der Waals surface area contributed by atoms with Crippen molar-refractivity contribution in [2.24, 2.45) is 0 Å². The summed E-state index contributed by atoms with van der Waals surface area (Å²) in [6, 6.07) is 0. The van der Waals surface area contributed by atoms with Crippen LogP contribution < -0.4 is 0 Å². The molecule has 6 heteroatoms. The summed E-state index contributed by atoms with van der Waals surface area (Å²) in [5.41, 5.74) is 2.15. The molecule has 3 rings (SSSR count). The van der Waals surface area contributed by atoms with E-state index in [9.17, 15) is 0 Å². The van der Waals surface area contributed by atoms with Crippen LogP contribution in [0, 0.1) is 0 Å². The molecule has 1 aliphatic rings. The van der Waals surface area contributed by atoms with Crippen molar-refractivity contribution in [2.45, 2.75) is 19.3 Å². The molecule has 0 aromatic carbocycles. The van der Waals surface area contributed by atoms with Gasteiger partial charge in [-0.1, -0.05) is 34.5 Å². The van der Waals surface area contributed by atoms with E-state index in [1.165, 1.54) is 11.3 Å². The molecule has 0 atom stereocenters. The lowest BCUT2D eigenvalue weighted by atomic mass is 10.3. The Morgan fingerprint density at radius 3 is 2.81 bits per heavy atom. The zero-order valence-corrected chi connectivity index (χ0v) is 10.5.